The van der Waals surface area contributed by atoms with Gasteiger partial charge in [-0.05, 0) is 59.7 Å². The Morgan fingerprint density at radius 3 is 2.36 bits per heavy atom. The summed E-state index contributed by atoms with van der Waals surface area (Å²) < 4.78 is 51.2. The van der Waals surface area contributed by atoms with Gasteiger partial charge in [0.2, 0.25) is 12.5 Å². The van der Waals surface area contributed by atoms with Crippen molar-refractivity contribution < 1.29 is 47.4 Å². The van der Waals surface area contributed by atoms with Crippen molar-refractivity contribution in [2.24, 2.45) is 0 Å². The van der Waals surface area contributed by atoms with Crippen LogP contribution in [0, 0.1) is 0 Å². The number of alkyl halides is 1. The molecule has 3 aromatic carbocycles. The van der Waals surface area contributed by atoms with Gasteiger partial charge in [-0.15, -0.1) is 0 Å². The largest absolute Gasteiger partial charge is 0.497 e. The van der Waals surface area contributed by atoms with Gasteiger partial charge >= 0.3 is 5.97 Å². The first-order valence-corrected chi connectivity index (χ1v) is 12.1. The number of methoxy groups -OCH3 is 3. The number of aliphatic hydroxyl groups is 1. The van der Waals surface area contributed by atoms with Crippen LogP contribution in [0.3, 0.4) is 0 Å². The molecule has 0 bridgehead atoms. The monoisotopic (exact) mass is 537 g/mol. The van der Waals surface area contributed by atoms with Crippen LogP contribution in [0.5, 0.6) is 34.5 Å². The quantitative estimate of drug-likeness (QED) is 0.382. The molecule has 2 aliphatic heterocycles. The maximum Gasteiger partial charge on any atom is 0.342 e. The predicted octanol–water partition coefficient (Wildman–Crippen LogP) is 4.19. The second-order valence-corrected chi connectivity index (χ2v) is 8.73. The summed E-state index contributed by atoms with van der Waals surface area (Å²) in [6.07, 6.45) is 0.0460. The molecule has 3 aromatic rings. The molecule has 0 radical (unpaired) electrons. The summed E-state index contributed by atoms with van der Waals surface area (Å²) in [6, 6.07) is 15.0. The topological polar surface area (TPSA) is 102 Å². The van der Waals surface area contributed by atoms with Crippen molar-refractivity contribution in [2.45, 2.75) is 12.2 Å². The highest BCUT2D eigenvalue weighted by Crippen LogP contribution is 2.48. The third-order valence-electron chi connectivity index (χ3n) is 6.52. The molecule has 39 heavy (non-hydrogen) atoms. The summed E-state index contributed by atoms with van der Waals surface area (Å²) in [7, 11) is 4.45. The molecule has 1 N–H and O–H groups in total. The maximum atomic E-state index is 13.4. The fraction of sp³-hybridized carbons (Fsp3) is 0.276. The predicted molar refractivity (Wildman–Crippen MR) is 137 cm³/mol. The van der Waals surface area contributed by atoms with Crippen LogP contribution >= 0.6 is 0 Å². The minimum atomic E-state index is -2.10. The zero-order valence-electron chi connectivity index (χ0n) is 21.6. The molecular weight excluding hydrogens is 510 g/mol. The van der Waals surface area contributed by atoms with E-state index < -0.39 is 18.4 Å². The number of halogens is 1. The van der Waals surface area contributed by atoms with E-state index in [1.807, 2.05) is 0 Å². The molecule has 0 amide bonds. The molecule has 2 aliphatic rings. The van der Waals surface area contributed by atoms with Gasteiger partial charge in [0, 0.05) is 17.6 Å². The van der Waals surface area contributed by atoms with E-state index in [1.165, 1.54) is 21.3 Å². The van der Waals surface area contributed by atoms with Gasteiger partial charge in [0.05, 0.1) is 26.9 Å². The maximum absolute atomic E-state index is 13.4. The molecular formula is C29H27FO9. The highest BCUT2D eigenvalue weighted by molar-refractivity contribution is 6.20. The lowest BCUT2D eigenvalue weighted by molar-refractivity contribution is -0.185. The van der Waals surface area contributed by atoms with Gasteiger partial charge in [-0.3, -0.25) is 0 Å². The zero-order valence-corrected chi connectivity index (χ0v) is 21.6. The molecule has 1 atom stereocenters. The van der Waals surface area contributed by atoms with Crippen molar-refractivity contribution in [2.75, 3.05) is 41.4 Å². The Kier molecular flexibility index (Phi) is 7.21. The minimum Gasteiger partial charge on any atom is -0.497 e. The average molecular weight is 538 g/mol. The Morgan fingerprint density at radius 2 is 1.67 bits per heavy atom. The molecule has 10 heteroatoms. The van der Waals surface area contributed by atoms with E-state index in [1.54, 1.807) is 54.6 Å². The summed E-state index contributed by atoms with van der Waals surface area (Å²) in [5, 5.41) is 11.9. The molecule has 0 saturated carbocycles. The van der Waals surface area contributed by atoms with Crippen molar-refractivity contribution in [1.29, 1.82) is 0 Å². The van der Waals surface area contributed by atoms with Crippen molar-refractivity contribution >= 4 is 11.5 Å². The van der Waals surface area contributed by atoms with E-state index >= 15 is 0 Å². The summed E-state index contributed by atoms with van der Waals surface area (Å²) in [6.45, 7) is -0.821. The number of hydrogen-bond donors (Lipinski definition) is 1. The number of rotatable bonds is 10. The number of fused-ring (bicyclic) bond motifs is 1. The Balaban J connectivity index is 1.67. The number of benzene rings is 3. The normalized spacial score (nSPS) is 17.7. The van der Waals surface area contributed by atoms with Gasteiger partial charge < -0.3 is 38.3 Å². The van der Waals surface area contributed by atoms with E-state index in [4.69, 9.17) is 33.2 Å². The molecule has 0 fully saturated rings. The lowest BCUT2D eigenvalue weighted by Gasteiger charge is -2.26. The zero-order chi connectivity index (χ0) is 27.6. The van der Waals surface area contributed by atoms with Crippen LogP contribution in [0.4, 0.5) is 4.39 Å². The summed E-state index contributed by atoms with van der Waals surface area (Å²) >= 11 is 0. The molecule has 0 aliphatic carbocycles. The van der Waals surface area contributed by atoms with Crippen molar-refractivity contribution in [3.05, 3.63) is 76.9 Å². The molecule has 5 rings (SSSR count). The van der Waals surface area contributed by atoms with Gasteiger partial charge in [0.1, 0.15) is 19.0 Å². The van der Waals surface area contributed by atoms with E-state index in [9.17, 15) is 14.3 Å². The van der Waals surface area contributed by atoms with E-state index in [2.05, 4.69) is 0 Å². The van der Waals surface area contributed by atoms with Crippen LogP contribution in [0.15, 0.2) is 60.2 Å². The number of carbonyl (C=O) groups excluding carboxylic acids is 1. The van der Waals surface area contributed by atoms with Gasteiger partial charge in [-0.25, -0.2) is 9.18 Å². The highest BCUT2D eigenvalue weighted by Gasteiger charge is 2.48. The first kappa shape index (κ1) is 26.2. The molecule has 2 heterocycles. The first-order chi connectivity index (χ1) is 18.9. The number of ether oxygens (including phenoxy) is 7. The smallest absolute Gasteiger partial charge is 0.342 e. The third-order valence-corrected chi connectivity index (χ3v) is 6.52. The number of cyclic esters (lactones) is 1. The van der Waals surface area contributed by atoms with E-state index in [-0.39, 0.29) is 36.7 Å². The van der Waals surface area contributed by atoms with Crippen molar-refractivity contribution in [3.63, 3.8) is 0 Å². The number of carbonyl (C=O) groups is 1. The van der Waals surface area contributed by atoms with Gasteiger partial charge in [0.15, 0.2) is 23.0 Å². The average Bonchev–Trinajstić information content (AvgIpc) is 3.52. The van der Waals surface area contributed by atoms with Crippen LogP contribution in [-0.4, -0.2) is 52.5 Å². The lowest BCUT2D eigenvalue weighted by Crippen LogP contribution is -2.29. The second kappa shape index (κ2) is 10.7. The van der Waals surface area contributed by atoms with Crippen LogP contribution < -0.4 is 28.4 Å². The van der Waals surface area contributed by atoms with Crippen LogP contribution in [-0.2, 0) is 21.7 Å². The summed E-state index contributed by atoms with van der Waals surface area (Å²) in [5.41, 5.74) is 1.86. The van der Waals surface area contributed by atoms with Crippen LogP contribution in [0.1, 0.15) is 16.7 Å². The molecule has 9 nitrogen and oxygen atoms in total. The Hall–Kier alpha value is -4.44. The highest BCUT2D eigenvalue weighted by atomic mass is 18.2. The Bertz CT molecular complexity index is 1420. The third kappa shape index (κ3) is 4.79. The van der Waals surface area contributed by atoms with E-state index in [0.717, 1.165) is 0 Å². The lowest BCUT2D eigenvalue weighted by atomic mass is 9.88. The van der Waals surface area contributed by atoms with Gasteiger partial charge in [0.25, 0.3) is 5.79 Å². The first-order valence-electron chi connectivity index (χ1n) is 12.1. The van der Waals surface area contributed by atoms with Gasteiger partial charge in [-0.2, -0.15) is 0 Å². The summed E-state index contributed by atoms with van der Waals surface area (Å²) in [4.78, 5) is 13.4. The Labute approximate surface area is 224 Å². The molecule has 204 valence electrons. The molecule has 0 saturated heterocycles. The Morgan fingerprint density at radius 1 is 0.923 bits per heavy atom. The van der Waals surface area contributed by atoms with E-state index in [0.29, 0.717) is 45.4 Å². The fourth-order valence-corrected chi connectivity index (χ4v) is 4.69. The molecule has 0 spiro atoms. The molecule has 0 aromatic heterocycles. The summed E-state index contributed by atoms with van der Waals surface area (Å²) in [5.74, 6) is -0.321. The second-order valence-electron chi connectivity index (χ2n) is 8.73. The standard InChI is InChI=1S/C29H27FO9/c1-33-20-7-5-19(6-8-20)29(32)21(12-17-13-24(34-2)27(35-3)25(14-17)36-11-10-30)26(28(31)39-29)18-4-9-22-23(15-18)38-16-37-22/h4-9,13-15,32H,10-12,16H2,1-3H3/i30-1. The fourth-order valence-electron chi connectivity index (χ4n) is 4.69. The number of hydrogen-bond acceptors (Lipinski definition) is 9. The number of esters is 1. The van der Waals surface area contributed by atoms with Crippen molar-refractivity contribution in [1.82, 2.24) is 0 Å². The van der Waals surface area contributed by atoms with Crippen molar-refractivity contribution in [3.8, 4) is 34.5 Å². The van der Waals surface area contributed by atoms with Crippen LogP contribution in [0.2, 0.25) is 0 Å². The minimum absolute atomic E-state index is 0.0460. The SMILES string of the molecule is COc1ccc(C2(O)OC(=O)C(c3ccc4c(c3)OCO4)=C2Cc2cc(OC)c(OC)c(OCC[18F])c2)cc1. The molecule has 1 unspecified atom stereocenters. The van der Waals surface area contributed by atoms with Gasteiger partial charge in [-0.1, -0.05) is 6.07 Å². The van der Waals surface area contributed by atoms with Crippen LogP contribution in [0.25, 0.3) is 5.57 Å².